The number of thioether (sulfide) groups is 1. The molecule has 2 nitrogen and oxygen atoms in total. The maximum atomic E-state index is 9.16. The minimum atomic E-state index is 0.350. The van der Waals surface area contributed by atoms with Crippen LogP contribution >= 0.6 is 11.8 Å². The lowest BCUT2D eigenvalue weighted by Crippen LogP contribution is -2.31. The van der Waals surface area contributed by atoms with Gasteiger partial charge in [-0.2, -0.15) is 11.8 Å². The Morgan fingerprint density at radius 1 is 1.33 bits per heavy atom. The molecule has 15 heavy (non-hydrogen) atoms. The van der Waals surface area contributed by atoms with E-state index in [4.69, 9.17) is 5.11 Å². The number of aromatic hydroxyl groups is 1. The van der Waals surface area contributed by atoms with Gasteiger partial charge in [0.1, 0.15) is 5.75 Å². The number of nitrogens with one attached hydrogen (secondary N) is 1. The zero-order chi connectivity index (χ0) is 10.5. The lowest BCUT2D eigenvalue weighted by Gasteiger charge is -2.22. The van der Waals surface area contributed by atoms with E-state index in [1.54, 1.807) is 12.1 Å². The lowest BCUT2D eigenvalue weighted by molar-refractivity contribution is 0.475. The van der Waals surface area contributed by atoms with Crippen molar-refractivity contribution in [3.63, 3.8) is 0 Å². The molecule has 2 rings (SSSR count). The Bertz CT molecular complexity index is 293. The van der Waals surface area contributed by atoms with Gasteiger partial charge in [-0.25, -0.2) is 0 Å². The Hall–Kier alpha value is -0.670. The molecule has 0 aromatic heterocycles. The third-order valence-electron chi connectivity index (χ3n) is 2.67. The summed E-state index contributed by atoms with van der Waals surface area (Å²) in [7, 11) is 0. The highest BCUT2D eigenvalue weighted by molar-refractivity contribution is 7.99. The second-order valence-corrected chi connectivity index (χ2v) is 5.23. The first-order valence-corrected chi connectivity index (χ1v) is 6.50. The molecule has 1 aromatic rings. The molecule has 1 unspecified atom stereocenters. The topological polar surface area (TPSA) is 32.3 Å². The second kappa shape index (κ2) is 5.42. The third-order valence-corrected chi connectivity index (χ3v) is 4.05. The molecule has 1 aromatic carbocycles. The van der Waals surface area contributed by atoms with Gasteiger partial charge < -0.3 is 10.4 Å². The standard InChI is InChI=1S/C12H17NOS/c14-11-5-3-10(4-6-11)9-15-12-2-1-7-13-8-12/h3-6,12-14H,1-2,7-9H2. The van der Waals surface area contributed by atoms with Crippen LogP contribution in [0.15, 0.2) is 24.3 Å². The van der Waals surface area contributed by atoms with Crippen LogP contribution in [0.5, 0.6) is 5.75 Å². The van der Waals surface area contributed by atoms with Crippen molar-refractivity contribution in [3.8, 4) is 5.75 Å². The Labute approximate surface area is 95.1 Å². The Morgan fingerprint density at radius 2 is 2.13 bits per heavy atom. The molecular formula is C12H17NOS. The van der Waals surface area contributed by atoms with Crippen LogP contribution in [0.1, 0.15) is 18.4 Å². The molecule has 1 aliphatic heterocycles. The fraction of sp³-hybridized carbons (Fsp3) is 0.500. The van der Waals surface area contributed by atoms with E-state index in [0.29, 0.717) is 5.75 Å². The monoisotopic (exact) mass is 223 g/mol. The molecule has 1 heterocycles. The Kier molecular flexibility index (Phi) is 3.92. The van der Waals surface area contributed by atoms with Crippen molar-refractivity contribution in [2.45, 2.75) is 23.8 Å². The summed E-state index contributed by atoms with van der Waals surface area (Å²) < 4.78 is 0. The zero-order valence-corrected chi connectivity index (χ0v) is 9.59. The van der Waals surface area contributed by atoms with Crippen molar-refractivity contribution < 1.29 is 5.11 Å². The van der Waals surface area contributed by atoms with Gasteiger partial charge in [0.2, 0.25) is 0 Å². The highest BCUT2D eigenvalue weighted by Gasteiger charge is 2.12. The second-order valence-electron chi connectivity index (χ2n) is 3.95. The molecule has 0 amide bonds. The molecule has 1 fully saturated rings. The van der Waals surface area contributed by atoms with E-state index in [1.807, 2.05) is 23.9 Å². The van der Waals surface area contributed by atoms with Crippen molar-refractivity contribution in [2.75, 3.05) is 13.1 Å². The van der Waals surface area contributed by atoms with Crippen LogP contribution < -0.4 is 5.32 Å². The van der Waals surface area contributed by atoms with Crippen molar-refractivity contribution in [2.24, 2.45) is 0 Å². The average molecular weight is 223 g/mol. The van der Waals surface area contributed by atoms with Crippen molar-refractivity contribution in [1.29, 1.82) is 0 Å². The van der Waals surface area contributed by atoms with Crippen LogP contribution in [0.4, 0.5) is 0 Å². The van der Waals surface area contributed by atoms with Crippen LogP contribution in [0.3, 0.4) is 0 Å². The minimum Gasteiger partial charge on any atom is -0.508 e. The van der Waals surface area contributed by atoms with E-state index in [2.05, 4.69) is 5.32 Å². The quantitative estimate of drug-likeness (QED) is 0.825. The van der Waals surface area contributed by atoms with Gasteiger partial charge in [-0.3, -0.25) is 0 Å². The summed E-state index contributed by atoms with van der Waals surface area (Å²) in [5.41, 5.74) is 1.29. The number of phenols is 1. The predicted octanol–water partition coefficient (Wildman–Crippen LogP) is 2.38. The molecule has 0 radical (unpaired) electrons. The SMILES string of the molecule is Oc1ccc(CSC2CCCNC2)cc1. The molecule has 1 atom stereocenters. The highest BCUT2D eigenvalue weighted by Crippen LogP contribution is 2.23. The molecule has 1 aliphatic rings. The van der Waals surface area contributed by atoms with Gasteiger partial charge in [0.15, 0.2) is 0 Å². The number of hydrogen-bond donors (Lipinski definition) is 2. The van der Waals surface area contributed by atoms with Gasteiger partial charge in [0, 0.05) is 17.5 Å². The minimum absolute atomic E-state index is 0.350. The summed E-state index contributed by atoms with van der Waals surface area (Å²) in [6, 6.07) is 7.52. The first kappa shape index (κ1) is 10.8. The first-order valence-electron chi connectivity index (χ1n) is 5.45. The molecule has 3 heteroatoms. The van der Waals surface area contributed by atoms with Gasteiger partial charge >= 0.3 is 0 Å². The Morgan fingerprint density at radius 3 is 2.80 bits per heavy atom. The molecule has 0 bridgehead atoms. The van der Waals surface area contributed by atoms with Crippen LogP contribution in [-0.2, 0) is 5.75 Å². The number of rotatable bonds is 3. The maximum Gasteiger partial charge on any atom is 0.115 e. The molecule has 1 saturated heterocycles. The van der Waals surface area contributed by atoms with Crippen LogP contribution in [-0.4, -0.2) is 23.4 Å². The zero-order valence-electron chi connectivity index (χ0n) is 8.78. The first-order chi connectivity index (χ1) is 7.34. The summed E-state index contributed by atoms with van der Waals surface area (Å²) in [6.07, 6.45) is 2.63. The van der Waals surface area contributed by atoms with Crippen molar-refractivity contribution >= 4 is 11.8 Å². The number of benzene rings is 1. The van der Waals surface area contributed by atoms with Crippen LogP contribution in [0.25, 0.3) is 0 Å². The van der Waals surface area contributed by atoms with Gasteiger partial charge in [-0.05, 0) is 37.1 Å². The van der Waals surface area contributed by atoms with Gasteiger partial charge in [-0.15, -0.1) is 0 Å². The van der Waals surface area contributed by atoms with E-state index in [-0.39, 0.29) is 0 Å². The third kappa shape index (κ3) is 3.43. The predicted molar refractivity (Wildman–Crippen MR) is 65.3 cm³/mol. The highest BCUT2D eigenvalue weighted by atomic mass is 32.2. The Balaban J connectivity index is 1.79. The van der Waals surface area contributed by atoms with E-state index in [9.17, 15) is 0 Å². The molecule has 2 N–H and O–H groups in total. The summed E-state index contributed by atoms with van der Waals surface area (Å²) in [5.74, 6) is 1.40. The average Bonchev–Trinajstić information content (AvgIpc) is 2.30. The fourth-order valence-corrected chi connectivity index (χ4v) is 2.96. The normalized spacial score (nSPS) is 21.5. The van der Waals surface area contributed by atoms with E-state index < -0.39 is 0 Å². The largest absolute Gasteiger partial charge is 0.508 e. The van der Waals surface area contributed by atoms with E-state index in [0.717, 1.165) is 17.5 Å². The van der Waals surface area contributed by atoms with Crippen molar-refractivity contribution in [1.82, 2.24) is 5.32 Å². The summed E-state index contributed by atoms with van der Waals surface area (Å²) in [5, 5.41) is 13.3. The molecule has 82 valence electrons. The molecular weight excluding hydrogens is 206 g/mol. The maximum absolute atomic E-state index is 9.16. The van der Waals surface area contributed by atoms with E-state index in [1.165, 1.54) is 24.9 Å². The van der Waals surface area contributed by atoms with Crippen molar-refractivity contribution in [3.05, 3.63) is 29.8 Å². The molecule has 0 saturated carbocycles. The summed E-state index contributed by atoms with van der Waals surface area (Å²) >= 11 is 2.01. The number of piperidine rings is 1. The van der Waals surface area contributed by atoms with Crippen LogP contribution in [0.2, 0.25) is 0 Å². The summed E-state index contributed by atoms with van der Waals surface area (Å²) in [6.45, 7) is 2.32. The van der Waals surface area contributed by atoms with Gasteiger partial charge in [0.05, 0.1) is 0 Å². The summed E-state index contributed by atoms with van der Waals surface area (Å²) in [4.78, 5) is 0. The molecule has 0 spiro atoms. The van der Waals surface area contributed by atoms with Crippen LogP contribution in [0, 0.1) is 0 Å². The lowest BCUT2D eigenvalue weighted by atomic mass is 10.2. The van der Waals surface area contributed by atoms with Gasteiger partial charge in [-0.1, -0.05) is 12.1 Å². The fourth-order valence-electron chi connectivity index (χ4n) is 1.77. The number of hydrogen-bond acceptors (Lipinski definition) is 3. The number of phenolic OH excluding ortho intramolecular Hbond substituents is 1. The van der Waals surface area contributed by atoms with E-state index >= 15 is 0 Å². The smallest absolute Gasteiger partial charge is 0.115 e. The molecule has 0 aliphatic carbocycles. The van der Waals surface area contributed by atoms with Gasteiger partial charge in [0.25, 0.3) is 0 Å².